The molecule has 3 N–H and O–H groups in total. The molecule has 0 atom stereocenters. The first-order valence-electron chi connectivity index (χ1n) is 10.2. The maximum atomic E-state index is 14.4. The van der Waals surface area contributed by atoms with Crippen LogP contribution in [0, 0.1) is 5.82 Å². The minimum atomic E-state index is -1.16. The number of hydrogen-bond acceptors (Lipinski definition) is 7. The van der Waals surface area contributed by atoms with E-state index in [2.05, 4.69) is 10.3 Å². The van der Waals surface area contributed by atoms with Crippen LogP contribution in [0.2, 0.25) is 5.02 Å². The topological polar surface area (TPSA) is 119 Å². The predicted molar refractivity (Wildman–Crippen MR) is 122 cm³/mol. The second-order valence-electron chi connectivity index (χ2n) is 7.54. The molecule has 0 amide bonds. The van der Waals surface area contributed by atoms with Gasteiger partial charge in [0.25, 0.3) is 0 Å². The second kappa shape index (κ2) is 10.6. The van der Waals surface area contributed by atoms with Crippen LogP contribution in [-0.2, 0) is 6.54 Å². The molecule has 1 aromatic heterocycles. The number of aliphatic hydroxyl groups excluding tert-OH is 2. The molecule has 0 bridgehead atoms. The number of benzene rings is 2. The Kier molecular flexibility index (Phi) is 7.85. The van der Waals surface area contributed by atoms with E-state index in [-0.39, 0.29) is 30.0 Å². The fourth-order valence-corrected chi connectivity index (χ4v) is 3.23. The molecular formula is C22H24ClFN4O5. The third kappa shape index (κ3) is 5.78. The van der Waals surface area contributed by atoms with Crippen molar-refractivity contribution in [3.05, 3.63) is 79.8 Å². The summed E-state index contributed by atoms with van der Waals surface area (Å²) in [5.74, 6) is -0.705. The highest BCUT2D eigenvalue weighted by molar-refractivity contribution is 6.30. The van der Waals surface area contributed by atoms with Gasteiger partial charge in [-0.25, -0.2) is 18.5 Å². The Balaban J connectivity index is 2.08. The second-order valence-corrected chi connectivity index (χ2v) is 7.98. The van der Waals surface area contributed by atoms with Gasteiger partial charge in [0.1, 0.15) is 0 Å². The molecule has 0 unspecified atom stereocenters. The van der Waals surface area contributed by atoms with Gasteiger partial charge in [-0.15, -0.1) is 0 Å². The average molecular weight is 479 g/mol. The van der Waals surface area contributed by atoms with Gasteiger partial charge in [0.2, 0.25) is 5.95 Å². The lowest BCUT2D eigenvalue weighted by molar-refractivity contribution is 0.146. The molecule has 176 valence electrons. The predicted octanol–water partition coefficient (Wildman–Crippen LogP) is 2.30. The Morgan fingerprint density at radius 2 is 1.79 bits per heavy atom. The van der Waals surface area contributed by atoms with Crippen LogP contribution in [0.25, 0.3) is 0 Å². The van der Waals surface area contributed by atoms with E-state index in [0.717, 1.165) is 10.6 Å². The molecule has 0 fully saturated rings. The van der Waals surface area contributed by atoms with Crippen molar-refractivity contribution in [1.82, 2.24) is 14.1 Å². The first-order chi connectivity index (χ1) is 15.7. The monoisotopic (exact) mass is 478 g/mol. The van der Waals surface area contributed by atoms with Crippen molar-refractivity contribution in [2.45, 2.75) is 32.5 Å². The van der Waals surface area contributed by atoms with Crippen molar-refractivity contribution in [3.8, 4) is 5.75 Å². The molecule has 1 heterocycles. The van der Waals surface area contributed by atoms with Crippen LogP contribution < -0.4 is 21.4 Å². The Morgan fingerprint density at radius 3 is 2.36 bits per heavy atom. The Bertz CT molecular complexity index is 1220. The van der Waals surface area contributed by atoms with E-state index in [4.69, 9.17) is 16.3 Å². The molecule has 0 saturated heterocycles. The highest BCUT2D eigenvalue weighted by Crippen LogP contribution is 2.24. The molecule has 0 aliphatic rings. The number of nitrogens with one attached hydrogen (secondary N) is 1. The number of hydrogen-bond donors (Lipinski definition) is 3. The number of nitrogens with zero attached hydrogens (tertiary/aromatic N) is 3. The van der Waals surface area contributed by atoms with Crippen LogP contribution in [-0.4, -0.2) is 43.6 Å². The SMILES string of the molecule is CC(C)Oc1ccc(Nc2nc(=O)n(C(CO)CO)c(=O)n2Cc2ccc(Cl)cc2)cc1F. The zero-order valence-electron chi connectivity index (χ0n) is 18.0. The molecule has 3 aromatic rings. The smallest absolute Gasteiger partial charge is 0.355 e. The minimum absolute atomic E-state index is 0.00772. The fourth-order valence-electron chi connectivity index (χ4n) is 3.11. The van der Waals surface area contributed by atoms with Gasteiger partial charge in [0.05, 0.1) is 31.9 Å². The summed E-state index contributed by atoms with van der Waals surface area (Å²) in [6.45, 7) is 2.26. The Morgan fingerprint density at radius 1 is 1.12 bits per heavy atom. The van der Waals surface area contributed by atoms with Crippen LogP contribution in [0.5, 0.6) is 5.75 Å². The summed E-state index contributed by atoms with van der Waals surface area (Å²) in [5.41, 5.74) is -0.865. The molecular weight excluding hydrogens is 455 g/mol. The normalized spacial score (nSPS) is 11.3. The molecule has 2 aromatic carbocycles. The minimum Gasteiger partial charge on any atom is -0.488 e. The number of ether oxygens (including phenoxy) is 1. The van der Waals surface area contributed by atoms with Gasteiger partial charge in [-0.2, -0.15) is 4.98 Å². The lowest BCUT2D eigenvalue weighted by Crippen LogP contribution is -2.46. The van der Waals surface area contributed by atoms with Crippen LogP contribution in [0.3, 0.4) is 0 Å². The molecule has 3 rings (SSSR count). The van der Waals surface area contributed by atoms with Gasteiger partial charge in [-0.05, 0) is 43.7 Å². The first-order valence-corrected chi connectivity index (χ1v) is 10.5. The highest BCUT2D eigenvalue weighted by Gasteiger charge is 2.20. The molecule has 33 heavy (non-hydrogen) atoms. The zero-order chi connectivity index (χ0) is 24.1. The quantitative estimate of drug-likeness (QED) is 0.432. The molecule has 0 radical (unpaired) electrons. The lowest BCUT2D eigenvalue weighted by atomic mass is 10.2. The molecule has 9 nitrogen and oxygen atoms in total. The van der Waals surface area contributed by atoms with Crippen LogP contribution in [0.15, 0.2) is 52.1 Å². The summed E-state index contributed by atoms with van der Waals surface area (Å²) in [6, 6.07) is 9.63. The maximum Gasteiger partial charge on any atom is 0.355 e. The van der Waals surface area contributed by atoms with Gasteiger partial charge in [-0.1, -0.05) is 23.7 Å². The van der Waals surface area contributed by atoms with Crippen molar-refractivity contribution in [2.75, 3.05) is 18.5 Å². The van der Waals surface area contributed by atoms with Crippen molar-refractivity contribution >= 4 is 23.2 Å². The summed E-state index contributed by atoms with van der Waals surface area (Å²) in [5, 5.41) is 22.3. The number of anilines is 2. The lowest BCUT2D eigenvalue weighted by Gasteiger charge is -2.19. The summed E-state index contributed by atoms with van der Waals surface area (Å²) in [7, 11) is 0. The summed E-state index contributed by atoms with van der Waals surface area (Å²) in [4.78, 5) is 29.7. The highest BCUT2D eigenvalue weighted by atomic mass is 35.5. The number of aromatic nitrogens is 3. The molecule has 11 heteroatoms. The number of halogens is 2. The van der Waals surface area contributed by atoms with Crippen molar-refractivity contribution in [1.29, 1.82) is 0 Å². The maximum absolute atomic E-state index is 14.4. The van der Waals surface area contributed by atoms with Crippen molar-refractivity contribution < 1.29 is 19.3 Å². The van der Waals surface area contributed by atoms with Gasteiger partial charge in [0.15, 0.2) is 11.6 Å². The largest absolute Gasteiger partial charge is 0.488 e. The van der Waals surface area contributed by atoms with E-state index >= 15 is 0 Å². The Hall–Kier alpha value is -3.21. The van der Waals surface area contributed by atoms with Gasteiger partial charge in [0, 0.05) is 16.8 Å². The van der Waals surface area contributed by atoms with E-state index in [0.29, 0.717) is 15.2 Å². The summed E-state index contributed by atoms with van der Waals surface area (Å²) < 4.78 is 21.6. The fraction of sp³-hybridized carbons (Fsp3) is 0.318. The van der Waals surface area contributed by atoms with Gasteiger partial charge < -0.3 is 20.3 Å². The average Bonchev–Trinajstić information content (AvgIpc) is 2.77. The molecule has 0 aliphatic carbocycles. The third-order valence-corrected chi connectivity index (χ3v) is 4.94. The molecule has 0 saturated carbocycles. The zero-order valence-corrected chi connectivity index (χ0v) is 18.8. The summed E-state index contributed by atoms with van der Waals surface area (Å²) >= 11 is 5.93. The number of rotatable bonds is 9. The van der Waals surface area contributed by atoms with E-state index in [1.165, 1.54) is 12.1 Å². The van der Waals surface area contributed by atoms with Crippen molar-refractivity contribution in [3.63, 3.8) is 0 Å². The Labute approximate surface area is 193 Å². The number of aliphatic hydroxyl groups is 2. The summed E-state index contributed by atoms with van der Waals surface area (Å²) in [6.07, 6.45) is -0.219. The van der Waals surface area contributed by atoms with Crippen LogP contribution in [0.4, 0.5) is 16.0 Å². The standard InChI is InChI=1S/C22H24ClFN4O5/c1-13(2)33-19-8-7-16(9-18(19)24)25-20-26-21(31)28(17(11-29)12-30)22(32)27(20)10-14-3-5-15(23)6-4-14/h3-9,13,17,29-30H,10-12H2,1-2H3,(H,25,26,31). The van der Waals surface area contributed by atoms with E-state index in [1.807, 2.05) is 0 Å². The molecule has 0 aliphatic heterocycles. The molecule has 0 spiro atoms. The van der Waals surface area contributed by atoms with Crippen LogP contribution in [0.1, 0.15) is 25.5 Å². The van der Waals surface area contributed by atoms with E-state index in [9.17, 15) is 24.2 Å². The van der Waals surface area contributed by atoms with Gasteiger partial charge >= 0.3 is 11.4 Å². The van der Waals surface area contributed by atoms with Gasteiger partial charge in [-0.3, -0.25) is 4.57 Å². The third-order valence-electron chi connectivity index (χ3n) is 4.69. The van der Waals surface area contributed by atoms with E-state index < -0.39 is 36.5 Å². The van der Waals surface area contributed by atoms with E-state index in [1.54, 1.807) is 38.1 Å². The van der Waals surface area contributed by atoms with Crippen molar-refractivity contribution in [2.24, 2.45) is 0 Å². The first kappa shape index (κ1) is 24.4. The van der Waals surface area contributed by atoms with Crippen LogP contribution >= 0.6 is 11.6 Å².